The monoisotopic (exact) mass is 389 g/mol. The largest absolute Gasteiger partial charge is 0.348 e. The van der Waals surface area contributed by atoms with Gasteiger partial charge < -0.3 is 10.3 Å². The Kier molecular flexibility index (Phi) is 5.54. The first-order valence-electron chi connectivity index (χ1n) is 8.06. The molecule has 0 aliphatic rings. The molecular weight excluding hydrogens is 373 g/mol. The SMILES string of the molecule is C[C@@H](Cc1ccccc1Cl)NC(=O)c1c[nH]c(=S)n1-c1ccc(F)cc1. The lowest BCUT2D eigenvalue weighted by molar-refractivity contribution is 0.0933. The third-order valence-electron chi connectivity index (χ3n) is 3.96. The first-order chi connectivity index (χ1) is 12.5. The Labute approximate surface area is 160 Å². The Bertz CT molecular complexity index is 981. The number of halogens is 2. The molecule has 3 aromatic rings. The number of imidazole rings is 1. The van der Waals surface area contributed by atoms with Gasteiger partial charge in [-0.15, -0.1) is 0 Å². The average molecular weight is 390 g/mol. The van der Waals surface area contributed by atoms with Crippen LogP contribution >= 0.6 is 23.8 Å². The highest BCUT2D eigenvalue weighted by Gasteiger charge is 2.17. The molecule has 7 heteroatoms. The zero-order chi connectivity index (χ0) is 18.7. The summed E-state index contributed by atoms with van der Waals surface area (Å²) in [4.78, 5) is 15.6. The third-order valence-corrected chi connectivity index (χ3v) is 4.62. The van der Waals surface area contributed by atoms with E-state index in [-0.39, 0.29) is 17.8 Å². The molecule has 1 heterocycles. The first kappa shape index (κ1) is 18.4. The van der Waals surface area contributed by atoms with Gasteiger partial charge in [-0.3, -0.25) is 9.36 Å². The normalized spacial score (nSPS) is 12.0. The Morgan fingerprint density at radius 1 is 1.27 bits per heavy atom. The van der Waals surface area contributed by atoms with E-state index in [2.05, 4.69) is 10.3 Å². The maximum absolute atomic E-state index is 13.2. The first-order valence-corrected chi connectivity index (χ1v) is 8.85. The lowest BCUT2D eigenvalue weighted by atomic mass is 10.1. The summed E-state index contributed by atoms with van der Waals surface area (Å²) in [5.41, 5.74) is 1.93. The second-order valence-corrected chi connectivity index (χ2v) is 6.75. The van der Waals surface area contributed by atoms with E-state index in [0.29, 0.717) is 27.6 Å². The summed E-state index contributed by atoms with van der Waals surface area (Å²) in [5.74, 6) is -0.628. The third kappa shape index (κ3) is 4.03. The number of rotatable bonds is 5. The summed E-state index contributed by atoms with van der Waals surface area (Å²) < 4.78 is 15.1. The van der Waals surface area contributed by atoms with Crippen molar-refractivity contribution in [2.24, 2.45) is 0 Å². The van der Waals surface area contributed by atoms with E-state index in [9.17, 15) is 9.18 Å². The van der Waals surface area contributed by atoms with Gasteiger partial charge in [0.2, 0.25) is 0 Å². The van der Waals surface area contributed by atoms with Crippen LogP contribution in [0.25, 0.3) is 5.69 Å². The molecule has 0 radical (unpaired) electrons. The predicted molar refractivity (Wildman–Crippen MR) is 103 cm³/mol. The molecule has 2 aromatic carbocycles. The van der Waals surface area contributed by atoms with Gasteiger partial charge in [-0.05, 0) is 61.5 Å². The number of carbonyl (C=O) groups is 1. The molecule has 0 aliphatic carbocycles. The number of amides is 1. The van der Waals surface area contributed by atoms with Gasteiger partial charge in [0.05, 0.1) is 0 Å². The molecule has 0 unspecified atom stereocenters. The number of hydrogen-bond acceptors (Lipinski definition) is 2. The Morgan fingerprint density at radius 3 is 2.65 bits per heavy atom. The van der Waals surface area contributed by atoms with Crippen molar-refractivity contribution in [1.82, 2.24) is 14.9 Å². The molecule has 0 fully saturated rings. The standard InChI is InChI=1S/C19H17ClFN3OS/c1-12(10-13-4-2-3-5-16(13)20)23-18(25)17-11-22-19(26)24(17)15-8-6-14(21)7-9-15/h2-9,11-12H,10H2,1H3,(H,22,26)(H,23,25)/t12-/m0/s1. The van der Waals surface area contributed by atoms with Crippen molar-refractivity contribution in [2.75, 3.05) is 0 Å². The van der Waals surface area contributed by atoms with Crippen LogP contribution in [0.2, 0.25) is 5.02 Å². The van der Waals surface area contributed by atoms with Gasteiger partial charge >= 0.3 is 0 Å². The molecule has 4 nitrogen and oxygen atoms in total. The molecule has 1 aromatic heterocycles. The minimum absolute atomic E-state index is 0.132. The highest BCUT2D eigenvalue weighted by molar-refractivity contribution is 7.71. The number of hydrogen-bond donors (Lipinski definition) is 2. The average Bonchev–Trinajstić information content (AvgIpc) is 2.99. The number of H-pyrrole nitrogens is 1. The predicted octanol–water partition coefficient (Wildman–Crippen LogP) is 4.69. The van der Waals surface area contributed by atoms with Crippen LogP contribution in [0, 0.1) is 10.6 Å². The van der Waals surface area contributed by atoms with Crippen molar-refractivity contribution in [3.8, 4) is 5.69 Å². The van der Waals surface area contributed by atoms with Crippen molar-refractivity contribution in [1.29, 1.82) is 0 Å². The van der Waals surface area contributed by atoms with Gasteiger partial charge in [0.1, 0.15) is 11.5 Å². The van der Waals surface area contributed by atoms with Crippen molar-refractivity contribution < 1.29 is 9.18 Å². The van der Waals surface area contributed by atoms with Gasteiger partial charge in [-0.2, -0.15) is 0 Å². The zero-order valence-electron chi connectivity index (χ0n) is 14.0. The van der Waals surface area contributed by atoms with Crippen LogP contribution in [0.15, 0.2) is 54.7 Å². The van der Waals surface area contributed by atoms with Crippen LogP contribution in [0.5, 0.6) is 0 Å². The van der Waals surface area contributed by atoms with E-state index in [4.69, 9.17) is 23.8 Å². The van der Waals surface area contributed by atoms with Gasteiger partial charge in [0, 0.05) is 22.9 Å². The van der Waals surface area contributed by atoms with E-state index >= 15 is 0 Å². The summed E-state index contributed by atoms with van der Waals surface area (Å²) in [5, 5.41) is 3.62. The van der Waals surface area contributed by atoms with Crippen molar-refractivity contribution in [3.63, 3.8) is 0 Å². The summed E-state index contributed by atoms with van der Waals surface area (Å²) in [7, 11) is 0. The molecule has 134 valence electrons. The van der Waals surface area contributed by atoms with Crippen LogP contribution in [0.4, 0.5) is 4.39 Å². The van der Waals surface area contributed by atoms with E-state index in [1.54, 1.807) is 22.9 Å². The molecule has 1 atom stereocenters. The van der Waals surface area contributed by atoms with Crippen LogP contribution in [0.3, 0.4) is 0 Å². The molecule has 0 spiro atoms. The van der Waals surface area contributed by atoms with E-state index in [1.165, 1.54) is 12.1 Å². The number of aromatic amines is 1. The number of nitrogens with one attached hydrogen (secondary N) is 2. The molecule has 0 saturated carbocycles. The molecule has 0 saturated heterocycles. The minimum atomic E-state index is -0.352. The van der Waals surface area contributed by atoms with Crippen LogP contribution in [-0.4, -0.2) is 21.5 Å². The highest BCUT2D eigenvalue weighted by Crippen LogP contribution is 2.17. The quantitative estimate of drug-likeness (QED) is 0.622. The smallest absolute Gasteiger partial charge is 0.270 e. The van der Waals surface area contributed by atoms with Gasteiger partial charge in [0.25, 0.3) is 5.91 Å². The molecule has 0 bridgehead atoms. The number of benzene rings is 2. The van der Waals surface area contributed by atoms with Crippen molar-refractivity contribution in [2.45, 2.75) is 19.4 Å². The molecule has 26 heavy (non-hydrogen) atoms. The number of carbonyl (C=O) groups excluding carboxylic acids is 1. The van der Waals surface area contributed by atoms with Gasteiger partial charge in [-0.1, -0.05) is 29.8 Å². The van der Waals surface area contributed by atoms with Crippen molar-refractivity contribution in [3.05, 3.63) is 81.6 Å². The topological polar surface area (TPSA) is 49.8 Å². The van der Waals surface area contributed by atoms with Crippen LogP contribution in [0.1, 0.15) is 23.0 Å². The van der Waals surface area contributed by atoms with Crippen LogP contribution < -0.4 is 5.32 Å². The Morgan fingerprint density at radius 2 is 1.96 bits per heavy atom. The summed E-state index contributed by atoms with van der Waals surface area (Å²) in [6, 6.07) is 13.2. The van der Waals surface area contributed by atoms with E-state index < -0.39 is 0 Å². The summed E-state index contributed by atoms with van der Waals surface area (Å²) in [6.07, 6.45) is 2.15. The highest BCUT2D eigenvalue weighted by atomic mass is 35.5. The Balaban J connectivity index is 1.79. The molecule has 2 N–H and O–H groups in total. The van der Waals surface area contributed by atoms with Crippen molar-refractivity contribution >= 4 is 29.7 Å². The molecule has 0 aliphatic heterocycles. The fourth-order valence-electron chi connectivity index (χ4n) is 2.72. The lowest BCUT2D eigenvalue weighted by Crippen LogP contribution is -2.35. The summed E-state index contributed by atoms with van der Waals surface area (Å²) in [6.45, 7) is 1.91. The maximum atomic E-state index is 13.2. The minimum Gasteiger partial charge on any atom is -0.348 e. The zero-order valence-corrected chi connectivity index (χ0v) is 15.6. The van der Waals surface area contributed by atoms with E-state index in [1.807, 2.05) is 31.2 Å². The fraction of sp³-hybridized carbons (Fsp3) is 0.158. The molecule has 3 rings (SSSR count). The van der Waals surface area contributed by atoms with Crippen LogP contribution in [-0.2, 0) is 6.42 Å². The summed E-state index contributed by atoms with van der Waals surface area (Å²) >= 11 is 11.4. The maximum Gasteiger partial charge on any atom is 0.270 e. The fourth-order valence-corrected chi connectivity index (χ4v) is 3.20. The number of aromatic nitrogens is 2. The Hall–Kier alpha value is -2.44. The second-order valence-electron chi connectivity index (χ2n) is 5.96. The second kappa shape index (κ2) is 7.85. The van der Waals surface area contributed by atoms with E-state index in [0.717, 1.165) is 5.56 Å². The van der Waals surface area contributed by atoms with Gasteiger partial charge in [0.15, 0.2) is 4.77 Å². The van der Waals surface area contributed by atoms with Gasteiger partial charge in [-0.25, -0.2) is 4.39 Å². The number of nitrogens with zero attached hydrogens (tertiary/aromatic N) is 1. The molecule has 1 amide bonds. The molecular formula is C19H17ClFN3OS. The lowest BCUT2D eigenvalue weighted by Gasteiger charge is -2.15.